The second-order valence-electron chi connectivity index (χ2n) is 8.45. The van der Waals surface area contributed by atoms with E-state index in [0.717, 1.165) is 36.4 Å². The molecule has 0 unspecified atom stereocenters. The number of nitrogens with one attached hydrogen (secondary N) is 1. The van der Waals surface area contributed by atoms with Crippen molar-refractivity contribution in [1.82, 2.24) is 20.1 Å². The molecule has 34 heavy (non-hydrogen) atoms. The summed E-state index contributed by atoms with van der Waals surface area (Å²) in [5, 5.41) is 7.01. The molecule has 0 aliphatic carbocycles. The van der Waals surface area contributed by atoms with Crippen molar-refractivity contribution >= 4 is 35.0 Å². The number of carbonyl (C=O) groups excluding carboxylic acids is 2. The van der Waals surface area contributed by atoms with E-state index >= 15 is 0 Å². The molecule has 176 valence electrons. The number of hydrogen-bond donors (Lipinski definition) is 1. The summed E-state index contributed by atoms with van der Waals surface area (Å²) in [5.74, 6) is -0.833. The summed E-state index contributed by atoms with van der Waals surface area (Å²) < 4.78 is 16.5. The molecule has 5 rings (SSSR count). The molecule has 2 amide bonds. The molecule has 0 saturated carbocycles. The highest BCUT2D eigenvalue weighted by atomic mass is 32.2. The van der Waals surface area contributed by atoms with E-state index in [-0.39, 0.29) is 17.5 Å². The highest BCUT2D eigenvalue weighted by Crippen LogP contribution is 2.39. The Bertz CT molecular complexity index is 1210. The average molecular weight is 481 g/mol. The van der Waals surface area contributed by atoms with Crippen molar-refractivity contribution < 1.29 is 14.0 Å². The lowest BCUT2D eigenvalue weighted by Gasteiger charge is -2.23. The van der Waals surface area contributed by atoms with Gasteiger partial charge in [-0.1, -0.05) is 30.3 Å². The van der Waals surface area contributed by atoms with E-state index in [1.165, 1.54) is 29.1 Å². The summed E-state index contributed by atoms with van der Waals surface area (Å²) in [7, 11) is 1.61. The zero-order chi connectivity index (χ0) is 23.7. The number of fused-ring (bicyclic) bond motifs is 1. The van der Waals surface area contributed by atoms with Crippen molar-refractivity contribution in [2.45, 2.75) is 30.3 Å². The predicted molar refractivity (Wildman–Crippen MR) is 129 cm³/mol. The summed E-state index contributed by atoms with van der Waals surface area (Å²) in [4.78, 5) is 34.3. The molecule has 3 aromatic rings. The third-order valence-electron chi connectivity index (χ3n) is 6.10. The van der Waals surface area contributed by atoms with Crippen LogP contribution in [-0.2, 0) is 11.3 Å². The van der Waals surface area contributed by atoms with Crippen LogP contribution in [0.3, 0.4) is 0 Å². The smallest absolute Gasteiger partial charge is 0.291 e. The molecule has 3 heterocycles. The van der Waals surface area contributed by atoms with Crippen LogP contribution in [0.1, 0.15) is 29.0 Å². The molecule has 1 N–H and O–H groups in total. The summed E-state index contributed by atoms with van der Waals surface area (Å²) in [6.45, 7) is 2.15. The summed E-state index contributed by atoms with van der Waals surface area (Å²) in [6, 6.07) is 12.2. The molecule has 1 fully saturated rings. The van der Waals surface area contributed by atoms with Gasteiger partial charge >= 0.3 is 0 Å². The van der Waals surface area contributed by atoms with Gasteiger partial charge in [-0.05, 0) is 24.5 Å². The van der Waals surface area contributed by atoms with E-state index < -0.39 is 11.9 Å². The van der Waals surface area contributed by atoms with Gasteiger partial charge in [-0.25, -0.2) is 14.1 Å². The van der Waals surface area contributed by atoms with E-state index in [1.54, 1.807) is 11.7 Å². The molecular formula is C24H25FN6O2S. The van der Waals surface area contributed by atoms with Gasteiger partial charge in [0.05, 0.1) is 17.9 Å². The molecule has 1 saturated heterocycles. The number of benzene rings is 2. The maximum atomic E-state index is 14.9. The third kappa shape index (κ3) is 4.50. The maximum Gasteiger partial charge on any atom is 0.291 e. The van der Waals surface area contributed by atoms with E-state index in [4.69, 9.17) is 0 Å². The second kappa shape index (κ2) is 9.46. The monoisotopic (exact) mass is 480 g/mol. The van der Waals surface area contributed by atoms with Crippen LogP contribution in [0.4, 0.5) is 15.8 Å². The van der Waals surface area contributed by atoms with Crippen LogP contribution < -0.4 is 15.1 Å². The molecule has 1 atom stereocenters. The Labute approximate surface area is 201 Å². The van der Waals surface area contributed by atoms with Gasteiger partial charge in [0.2, 0.25) is 11.7 Å². The first-order chi connectivity index (χ1) is 16.5. The van der Waals surface area contributed by atoms with E-state index in [2.05, 4.69) is 15.4 Å². The molecule has 2 aliphatic rings. The minimum absolute atomic E-state index is 0.000472. The number of carbonyl (C=O) groups is 2. The largest absolute Gasteiger partial charge is 0.369 e. The summed E-state index contributed by atoms with van der Waals surface area (Å²) >= 11 is 1.43. The van der Waals surface area contributed by atoms with E-state index in [9.17, 15) is 14.0 Å². The highest BCUT2D eigenvalue weighted by Gasteiger charge is 2.32. The standard InChI is InChI=1S/C24H25FN6O2S/c1-29-20-11-17(25)19(30-9-5-6-10-30)12-21(20)34-14-18(24(29)33)27-23(32)22-26-15-31(28-22)13-16-7-3-2-4-8-16/h2-4,7-8,11-12,15,18H,5-6,9-10,13-14H2,1H3,(H,27,32)/t18-/m0/s1. The molecule has 2 aliphatic heterocycles. The lowest BCUT2D eigenvalue weighted by atomic mass is 10.2. The molecule has 1 aromatic heterocycles. The predicted octanol–water partition coefficient (Wildman–Crippen LogP) is 2.93. The average Bonchev–Trinajstić information content (AvgIpc) is 3.52. The highest BCUT2D eigenvalue weighted by molar-refractivity contribution is 7.99. The van der Waals surface area contributed by atoms with Crippen LogP contribution in [0.5, 0.6) is 0 Å². The first-order valence-corrected chi connectivity index (χ1v) is 12.2. The number of rotatable bonds is 5. The van der Waals surface area contributed by atoms with Crippen LogP contribution in [0.25, 0.3) is 0 Å². The Morgan fingerprint density at radius 2 is 1.94 bits per heavy atom. The Hall–Kier alpha value is -3.40. The van der Waals surface area contributed by atoms with Gasteiger partial charge in [0, 0.05) is 36.9 Å². The number of halogens is 1. The van der Waals surface area contributed by atoms with Gasteiger partial charge in [0.1, 0.15) is 18.2 Å². The van der Waals surface area contributed by atoms with Gasteiger partial charge in [-0.15, -0.1) is 16.9 Å². The Morgan fingerprint density at radius 3 is 2.71 bits per heavy atom. The van der Waals surface area contributed by atoms with Crippen LogP contribution in [-0.4, -0.2) is 58.5 Å². The normalized spacial score (nSPS) is 18.1. The molecular weight excluding hydrogens is 455 g/mol. The fourth-order valence-electron chi connectivity index (χ4n) is 4.28. The molecule has 0 radical (unpaired) electrons. The lowest BCUT2D eigenvalue weighted by Crippen LogP contribution is -2.48. The van der Waals surface area contributed by atoms with Gasteiger partial charge in [0.15, 0.2) is 0 Å². The van der Waals surface area contributed by atoms with Crippen molar-refractivity contribution in [1.29, 1.82) is 0 Å². The van der Waals surface area contributed by atoms with Gasteiger partial charge in [0.25, 0.3) is 5.91 Å². The van der Waals surface area contributed by atoms with Crippen LogP contribution in [0.2, 0.25) is 0 Å². The van der Waals surface area contributed by atoms with Crippen molar-refractivity contribution in [2.24, 2.45) is 0 Å². The van der Waals surface area contributed by atoms with Crippen molar-refractivity contribution in [3.8, 4) is 0 Å². The lowest BCUT2D eigenvalue weighted by molar-refractivity contribution is -0.119. The molecule has 10 heteroatoms. The minimum Gasteiger partial charge on any atom is -0.369 e. The number of aromatic nitrogens is 3. The maximum absolute atomic E-state index is 14.9. The van der Waals surface area contributed by atoms with Gasteiger partial charge in [-0.3, -0.25) is 9.59 Å². The summed E-state index contributed by atoms with van der Waals surface area (Å²) in [6.07, 6.45) is 3.59. The zero-order valence-corrected chi connectivity index (χ0v) is 19.6. The van der Waals surface area contributed by atoms with E-state index in [0.29, 0.717) is 23.7 Å². The summed E-state index contributed by atoms with van der Waals surface area (Å²) in [5.41, 5.74) is 2.12. The van der Waals surface area contributed by atoms with E-state index in [1.807, 2.05) is 41.3 Å². The van der Waals surface area contributed by atoms with Gasteiger partial charge < -0.3 is 15.1 Å². The number of hydrogen-bond acceptors (Lipinski definition) is 6. The number of likely N-dealkylation sites (N-methyl/N-ethyl adjacent to an activating group) is 1. The zero-order valence-electron chi connectivity index (χ0n) is 18.8. The Balaban J connectivity index is 1.29. The first-order valence-electron chi connectivity index (χ1n) is 11.2. The first kappa shape index (κ1) is 22.4. The van der Waals surface area contributed by atoms with Gasteiger partial charge in [-0.2, -0.15) is 0 Å². The molecule has 0 bridgehead atoms. The van der Waals surface area contributed by atoms with Crippen LogP contribution >= 0.6 is 11.8 Å². The Kier molecular flexibility index (Phi) is 6.23. The topological polar surface area (TPSA) is 83.4 Å². The van der Waals surface area contributed by atoms with Crippen molar-refractivity contribution in [3.05, 3.63) is 66.0 Å². The number of thioether (sulfide) groups is 1. The quantitative estimate of drug-likeness (QED) is 0.605. The number of anilines is 2. The molecule has 0 spiro atoms. The van der Waals surface area contributed by atoms with Crippen molar-refractivity contribution in [3.63, 3.8) is 0 Å². The Morgan fingerprint density at radius 1 is 1.18 bits per heavy atom. The minimum atomic E-state index is -0.783. The van der Waals surface area contributed by atoms with Crippen LogP contribution in [0, 0.1) is 5.82 Å². The third-order valence-corrected chi connectivity index (χ3v) is 7.24. The SMILES string of the molecule is CN1C(=O)[C@@H](NC(=O)c2ncn(Cc3ccccc3)n2)CSc2cc(N3CCCC3)c(F)cc21. The van der Waals surface area contributed by atoms with Crippen LogP contribution in [0.15, 0.2) is 53.7 Å². The fourth-order valence-corrected chi connectivity index (χ4v) is 5.39. The second-order valence-corrected chi connectivity index (χ2v) is 9.51. The fraction of sp³-hybridized carbons (Fsp3) is 0.333. The molecule has 2 aromatic carbocycles. The van der Waals surface area contributed by atoms with Crippen molar-refractivity contribution in [2.75, 3.05) is 35.7 Å². The number of amides is 2. The molecule has 8 nitrogen and oxygen atoms in total. The number of nitrogens with zero attached hydrogens (tertiary/aromatic N) is 5.